The van der Waals surface area contributed by atoms with Crippen molar-refractivity contribution >= 4 is 23.2 Å². The Morgan fingerprint density at radius 1 is 1.16 bits per heavy atom. The largest absolute Gasteiger partial charge is 0.351 e. The second kappa shape index (κ2) is 8.70. The molecule has 1 saturated heterocycles. The Morgan fingerprint density at radius 3 is 2.61 bits per heavy atom. The van der Waals surface area contributed by atoms with Crippen LogP contribution in [-0.2, 0) is 11.2 Å². The van der Waals surface area contributed by atoms with E-state index in [4.69, 9.17) is 4.98 Å². The summed E-state index contributed by atoms with van der Waals surface area (Å²) in [5.74, 6) is 1.18. The molecule has 7 nitrogen and oxygen atoms in total. The number of aryl methyl sites for hydroxylation is 1. The van der Waals surface area contributed by atoms with Crippen LogP contribution in [0.25, 0.3) is 11.1 Å². The van der Waals surface area contributed by atoms with Gasteiger partial charge >= 0.3 is 0 Å². The van der Waals surface area contributed by atoms with Crippen LogP contribution in [0.15, 0.2) is 36.1 Å². The maximum atomic E-state index is 12.7. The second-order valence-corrected chi connectivity index (χ2v) is 9.40. The maximum Gasteiger partial charge on any atom is 0.228 e. The standard InChI is InChI=1S/C23H26N6OS/c1-15-26-19(14-31-15)12-21(30)29-10-6-17(7-11-29)22-20(16-4-8-24-9-5-16)13-25-23(28-22)27-18-2-3-18/h4-5,8-9,13-14,17-18H,2-3,6-7,10-12H2,1H3,(H,25,27,28). The summed E-state index contributed by atoms with van der Waals surface area (Å²) in [5.41, 5.74) is 4.10. The van der Waals surface area contributed by atoms with Crippen molar-refractivity contribution in [2.24, 2.45) is 0 Å². The van der Waals surface area contributed by atoms with E-state index in [0.29, 0.717) is 24.3 Å². The summed E-state index contributed by atoms with van der Waals surface area (Å²) >= 11 is 1.59. The predicted octanol–water partition coefficient (Wildman–Crippen LogP) is 3.83. The lowest BCUT2D eigenvalue weighted by Gasteiger charge is -2.32. The summed E-state index contributed by atoms with van der Waals surface area (Å²) in [5, 5.41) is 6.41. The molecule has 0 atom stereocenters. The lowest BCUT2D eigenvalue weighted by atomic mass is 9.89. The van der Waals surface area contributed by atoms with Crippen molar-refractivity contribution in [3.8, 4) is 11.1 Å². The van der Waals surface area contributed by atoms with Crippen LogP contribution in [0.2, 0.25) is 0 Å². The lowest BCUT2D eigenvalue weighted by molar-refractivity contribution is -0.131. The number of likely N-dealkylation sites (tertiary alicyclic amines) is 1. The molecule has 160 valence electrons. The Labute approximate surface area is 186 Å². The number of piperidine rings is 1. The molecule has 1 amide bonds. The molecule has 5 rings (SSSR count). The number of amides is 1. The normalized spacial score (nSPS) is 17.0. The summed E-state index contributed by atoms with van der Waals surface area (Å²) in [7, 11) is 0. The Morgan fingerprint density at radius 2 is 1.94 bits per heavy atom. The fraction of sp³-hybridized carbons (Fsp3) is 0.435. The van der Waals surface area contributed by atoms with Crippen LogP contribution in [0, 0.1) is 6.92 Å². The Balaban J connectivity index is 1.32. The van der Waals surface area contributed by atoms with Gasteiger partial charge in [-0.2, -0.15) is 0 Å². The molecule has 0 radical (unpaired) electrons. The summed E-state index contributed by atoms with van der Waals surface area (Å²) in [6.07, 6.45) is 10.1. The van der Waals surface area contributed by atoms with Crippen molar-refractivity contribution in [3.63, 3.8) is 0 Å². The number of nitrogens with one attached hydrogen (secondary N) is 1. The highest BCUT2D eigenvalue weighted by atomic mass is 32.1. The van der Waals surface area contributed by atoms with Gasteiger partial charge in [-0.3, -0.25) is 9.78 Å². The summed E-state index contributed by atoms with van der Waals surface area (Å²) < 4.78 is 0. The quantitative estimate of drug-likeness (QED) is 0.635. The highest BCUT2D eigenvalue weighted by molar-refractivity contribution is 7.09. The number of rotatable bonds is 6. The van der Waals surface area contributed by atoms with Crippen molar-refractivity contribution in [1.82, 2.24) is 24.8 Å². The fourth-order valence-corrected chi connectivity index (χ4v) is 4.71. The molecule has 0 bridgehead atoms. The molecule has 1 aliphatic carbocycles. The number of aromatic nitrogens is 4. The molecule has 8 heteroatoms. The van der Waals surface area contributed by atoms with E-state index in [2.05, 4.69) is 20.3 Å². The molecular formula is C23H26N6OS. The molecule has 1 saturated carbocycles. The summed E-state index contributed by atoms with van der Waals surface area (Å²) in [4.78, 5) is 32.8. The molecule has 1 N–H and O–H groups in total. The molecule has 0 aromatic carbocycles. The van der Waals surface area contributed by atoms with Crippen LogP contribution >= 0.6 is 11.3 Å². The predicted molar refractivity (Wildman–Crippen MR) is 121 cm³/mol. The molecular weight excluding hydrogens is 408 g/mol. The molecule has 1 aliphatic heterocycles. The van der Waals surface area contributed by atoms with Crippen LogP contribution in [0.4, 0.5) is 5.95 Å². The van der Waals surface area contributed by atoms with E-state index in [9.17, 15) is 4.79 Å². The molecule has 3 aromatic heterocycles. The smallest absolute Gasteiger partial charge is 0.228 e. The third-order valence-electron chi connectivity index (χ3n) is 5.95. The van der Waals surface area contributed by atoms with Crippen molar-refractivity contribution < 1.29 is 4.79 Å². The average Bonchev–Trinajstić information content (AvgIpc) is 3.53. The van der Waals surface area contributed by atoms with Gasteiger partial charge in [-0.05, 0) is 50.3 Å². The van der Waals surface area contributed by atoms with Crippen LogP contribution in [0.5, 0.6) is 0 Å². The van der Waals surface area contributed by atoms with Crippen LogP contribution in [0.3, 0.4) is 0 Å². The first-order valence-electron chi connectivity index (χ1n) is 10.9. The molecule has 2 aliphatic rings. The first kappa shape index (κ1) is 20.1. The number of hydrogen-bond acceptors (Lipinski definition) is 7. The number of hydrogen-bond donors (Lipinski definition) is 1. The minimum atomic E-state index is 0.164. The molecule has 2 fully saturated rings. The van der Waals surface area contributed by atoms with Gasteiger partial charge in [0, 0.05) is 54.6 Å². The Bertz CT molecular complexity index is 1060. The van der Waals surface area contributed by atoms with Crippen molar-refractivity contribution in [2.75, 3.05) is 18.4 Å². The van der Waals surface area contributed by atoms with Crippen molar-refractivity contribution in [1.29, 1.82) is 0 Å². The fourth-order valence-electron chi connectivity index (χ4n) is 4.10. The van der Waals surface area contributed by atoms with Crippen LogP contribution in [0.1, 0.15) is 48.0 Å². The van der Waals surface area contributed by atoms with Crippen LogP contribution in [-0.4, -0.2) is 49.9 Å². The molecule has 4 heterocycles. The van der Waals surface area contributed by atoms with Crippen molar-refractivity contribution in [2.45, 2.75) is 51.0 Å². The van der Waals surface area contributed by atoms with Gasteiger partial charge in [-0.15, -0.1) is 11.3 Å². The zero-order valence-corrected chi connectivity index (χ0v) is 18.4. The number of carbonyl (C=O) groups excluding carboxylic acids is 1. The van der Waals surface area contributed by atoms with Crippen molar-refractivity contribution in [3.05, 3.63) is 52.5 Å². The van der Waals surface area contributed by atoms with Gasteiger partial charge in [0.15, 0.2) is 0 Å². The SMILES string of the molecule is Cc1nc(CC(=O)N2CCC(c3nc(NC4CC4)ncc3-c3ccncc3)CC2)cs1. The minimum Gasteiger partial charge on any atom is -0.351 e. The average molecular weight is 435 g/mol. The van der Waals surface area contributed by atoms with E-state index < -0.39 is 0 Å². The summed E-state index contributed by atoms with van der Waals surface area (Å²) in [6, 6.07) is 4.52. The van der Waals surface area contributed by atoms with Gasteiger partial charge in [0.25, 0.3) is 0 Å². The Hall–Kier alpha value is -2.87. The number of pyridine rings is 1. The molecule has 31 heavy (non-hydrogen) atoms. The third-order valence-corrected chi connectivity index (χ3v) is 6.78. The van der Waals surface area contributed by atoms with E-state index >= 15 is 0 Å². The number of anilines is 1. The topological polar surface area (TPSA) is 83.9 Å². The van der Waals surface area contributed by atoms with Gasteiger partial charge in [0.05, 0.1) is 22.8 Å². The van der Waals surface area contributed by atoms with Gasteiger partial charge in [0.2, 0.25) is 11.9 Å². The van der Waals surface area contributed by atoms with E-state index in [1.807, 2.05) is 35.5 Å². The van der Waals surface area contributed by atoms with Gasteiger partial charge in [-0.25, -0.2) is 15.0 Å². The van der Waals surface area contributed by atoms with Gasteiger partial charge in [0.1, 0.15) is 0 Å². The second-order valence-electron chi connectivity index (χ2n) is 8.34. The molecule has 3 aromatic rings. The lowest BCUT2D eigenvalue weighted by Crippen LogP contribution is -2.39. The molecule has 0 unspecified atom stereocenters. The monoisotopic (exact) mass is 434 g/mol. The van der Waals surface area contributed by atoms with E-state index in [1.165, 1.54) is 12.8 Å². The van der Waals surface area contributed by atoms with E-state index in [0.717, 1.165) is 53.5 Å². The number of thiazole rings is 1. The van der Waals surface area contributed by atoms with E-state index in [-0.39, 0.29) is 5.91 Å². The number of carbonyl (C=O) groups is 1. The highest BCUT2D eigenvalue weighted by Crippen LogP contribution is 2.35. The zero-order valence-electron chi connectivity index (χ0n) is 17.6. The third kappa shape index (κ3) is 4.74. The van der Waals surface area contributed by atoms with Gasteiger partial charge < -0.3 is 10.2 Å². The number of nitrogens with zero attached hydrogens (tertiary/aromatic N) is 5. The molecule has 0 spiro atoms. The van der Waals surface area contributed by atoms with Gasteiger partial charge in [-0.1, -0.05) is 0 Å². The zero-order chi connectivity index (χ0) is 21.2. The first-order valence-corrected chi connectivity index (χ1v) is 11.8. The highest BCUT2D eigenvalue weighted by Gasteiger charge is 2.28. The summed E-state index contributed by atoms with van der Waals surface area (Å²) in [6.45, 7) is 3.47. The minimum absolute atomic E-state index is 0.164. The van der Waals surface area contributed by atoms with E-state index in [1.54, 1.807) is 23.7 Å². The first-order chi connectivity index (χ1) is 15.2. The van der Waals surface area contributed by atoms with Crippen LogP contribution < -0.4 is 5.32 Å². The Kier molecular flexibility index (Phi) is 5.63. The maximum absolute atomic E-state index is 12.7.